The van der Waals surface area contributed by atoms with Crippen LogP contribution in [0, 0.1) is 11.3 Å². The van der Waals surface area contributed by atoms with Crippen LogP contribution in [0.4, 0.5) is 0 Å². The number of esters is 1. The van der Waals surface area contributed by atoms with E-state index in [0.29, 0.717) is 6.61 Å². The van der Waals surface area contributed by atoms with E-state index in [9.17, 15) is 4.79 Å². The van der Waals surface area contributed by atoms with E-state index in [4.69, 9.17) is 15.7 Å². The van der Waals surface area contributed by atoms with Gasteiger partial charge in [-0.1, -0.05) is 0 Å². The zero-order valence-electron chi connectivity index (χ0n) is 7.66. The lowest BCUT2D eigenvalue weighted by atomic mass is 10.3. The number of hydrogen-bond acceptors (Lipinski definition) is 5. The zero-order valence-corrected chi connectivity index (χ0v) is 7.66. The van der Waals surface area contributed by atoms with Gasteiger partial charge in [0.1, 0.15) is 6.07 Å². The Balaban J connectivity index is 4.59. The van der Waals surface area contributed by atoms with Crippen molar-refractivity contribution >= 4 is 5.97 Å². The molecule has 0 bridgehead atoms. The second kappa shape index (κ2) is 5.89. The van der Waals surface area contributed by atoms with Crippen molar-refractivity contribution < 1.29 is 14.3 Å². The number of nitrogens with zero attached hydrogens (tertiary/aromatic N) is 1. The maximum atomic E-state index is 11.0. The number of ether oxygens (including phenoxy) is 2. The molecule has 0 rings (SSSR count). The molecule has 0 aromatic heterocycles. The Morgan fingerprint density at radius 3 is 2.31 bits per heavy atom. The summed E-state index contributed by atoms with van der Waals surface area (Å²) in [6.07, 6.45) is 0. The Bertz CT molecular complexity index is 253. The van der Waals surface area contributed by atoms with Gasteiger partial charge in [-0.2, -0.15) is 5.26 Å². The fourth-order valence-corrected chi connectivity index (χ4v) is 0.632. The van der Waals surface area contributed by atoms with Gasteiger partial charge in [0.15, 0.2) is 5.57 Å². The van der Waals surface area contributed by atoms with Crippen LogP contribution in [0.5, 0.6) is 0 Å². The Hall–Kier alpha value is -1.70. The maximum absolute atomic E-state index is 11.0. The van der Waals surface area contributed by atoms with Crippen LogP contribution < -0.4 is 5.73 Å². The lowest BCUT2D eigenvalue weighted by Crippen LogP contribution is -2.15. The van der Waals surface area contributed by atoms with Crippen LogP contribution in [0.15, 0.2) is 11.5 Å². The average Bonchev–Trinajstić information content (AvgIpc) is 2.06. The number of rotatable bonds is 4. The van der Waals surface area contributed by atoms with Gasteiger partial charge < -0.3 is 15.2 Å². The van der Waals surface area contributed by atoms with Crippen molar-refractivity contribution in [1.29, 1.82) is 5.26 Å². The molecule has 0 amide bonds. The van der Waals surface area contributed by atoms with Gasteiger partial charge in [-0.15, -0.1) is 0 Å². The Kier molecular flexibility index (Phi) is 5.12. The highest BCUT2D eigenvalue weighted by Gasteiger charge is 2.15. The molecule has 0 unspecified atom stereocenters. The summed E-state index contributed by atoms with van der Waals surface area (Å²) in [5.41, 5.74) is 5.02. The molecule has 0 aromatic carbocycles. The fraction of sp³-hybridized carbons (Fsp3) is 0.500. The van der Waals surface area contributed by atoms with E-state index in [1.54, 1.807) is 19.9 Å². The van der Waals surface area contributed by atoms with E-state index in [0.717, 1.165) is 0 Å². The Morgan fingerprint density at radius 2 is 1.92 bits per heavy atom. The first-order valence-electron chi connectivity index (χ1n) is 3.87. The molecule has 0 fully saturated rings. The lowest BCUT2D eigenvalue weighted by Gasteiger charge is -2.04. The van der Waals surface area contributed by atoms with Gasteiger partial charge in [-0.25, -0.2) is 4.79 Å². The third-order valence-corrected chi connectivity index (χ3v) is 1.14. The van der Waals surface area contributed by atoms with E-state index in [1.165, 1.54) is 0 Å². The summed E-state index contributed by atoms with van der Waals surface area (Å²) in [7, 11) is 0. The molecule has 0 spiro atoms. The van der Waals surface area contributed by atoms with Gasteiger partial charge >= 0.3 is 5.97 Å². The van der Waals surface area contributed by atoms with Gasteiger partial charge in [0, 0.05) is 0 Å². The first-order valence-corrected chi connectivity index (χ1v) is 3.87. The van der Waals surface area contributed by atoms with E-state index < -0.39 is 5.97 Å². The van der Waals surface area contributed by atoms with Gasteiger partial charge in [-0.05, 0) is 13.8 Å². The van der Waals surface area contributed by atoms with Crippen LogP contribution in [0.1, 0.15) is 13.8 Å². The lowest BCUT2D eigenvalue weighted by molar-refractivity contribution is -0.138. The molecule has 5 nitrogen and oxygen atoms in total. The second-order valence-corrected chi connectivity index (χ2v) is 2.00. The normalized spacial score (nSPS) is 11.2. The topological polar surface area (TPSA) is 85.3 Å². The van der Waals surface area contributed by atoms with Gasteiger partial charge in [-0.3, -0.25) is 0 Å². The minimum atomic E-state index is -0.754. The standard InChI is InChI=1S/C8H12N2O3/c1-3-12-7(10)6(5-9)8(11)13-4-2/h3-4,10H2,1-2H3/b7-6-. The molecule has 0 aliphatic carbocycles. The maximum Gasteiger partial charge on any atom is 0.354 e. The zero-order chi connectivity index (χ0) is 10.3. The van der Waals surface area contributed by atoms with Crippen molar-refractivity contribution in [2.75, 3.05) is 13.2 Å². The molecule has 0 radical (unpaired) electrons. The molecule has 0 aliphatic heterocycles. The molecule has 0 aliphatic rings. The summed E-state index contributed by atoms with van der Waals surface area (Å²) in [6, 6.07) is 1.63. The minimum absolute atomic E-state index is 0.191. The number of hydrogen-bond donors (Lipinski definition) is 1. The molecule has 72 valence electrons. The molecule has 5 heteroatoms. The van der Waals surface area contributed by atoms with E-state index in [1.807, 2.05) is 0 Å². The first-order chi connectivity index (χ1) is 6.17. The molecule has 0 saturated heterocycles. The van der Waals surface area contributed by atoms with Crippen molar-refractivity contribution in [3.8, 4) is 6.07 Å². The SMILES string of the molecule is CCOC(=O)/C(C#N)=C(/N)OCC. The summed E-state index contributed by atoms with van der Waals surface area (Å²) in [4.78, 5) is 11.0. The van der Waals surface area contributed by atoms with Crippen LogP contribution in [-0.2, 0) is 14.3 Å². The molecule has 0 aromatic rings. The van der Waals surface area contributed by atoms with E-state index >= 15 is 0 Å². The largest absolute Gasteiger partial charge is 0.479 e. The Morgan fingerprint density at radius 1 is 1.38 bits per heavy atom. The summed E-state index contributed by atoms with van der Waals surface area (Å²) < 4.78 is 9.38. The highest BCUT2D eigenvalue weighted by Crippen LogP contribution is 2.02. The first kappa shape index (κ1) is 11.3. The molecule has 13 heavy (non-hydrogen) atoms. The number of carbonyl (C=O) groups is 1. The van der Waals surface area contributed by atoms with Crippen LogP contribution in [0.25, 0.3) is 0 Å². The molecule has 0 atom stereocenters. The van der Waals surface area contributed by atoms with Crippen LogP contribution >= 0.6 is 0 Å². The van der Waals surface area contributed by atoms with E-state index in [-0.39, 0.29) is 18.1 Å². The highest BCUT2D eigenvalue weighted by molar-refractivity contribution is 5.93. The second-order valence-electron chi connectivity index (χ2n) is 2.00. The number of nitriles is 1. The average molecular weight is 184 g/mol. The van der Waals surface area contributed by atoms with Crippen molar-refractivity contribution in [1.82, 2.24) is 0 Å². The van der Waals surface area contributed by atoms with Crippen LogP contribution in [0.3, 0.4) is 0 Å². The smallest absolute Gasteiger partial charge is 0.354 e. The quantitative estimate of drug-likeness (QED) is 0.293. The third kappa shape index (κ3) is 3.47. The fourth-order valence-electron chi connectivity index (χ4n) is 0.632. The predicted octanol–water partition coefficient (Wildman–Crippen LogP) is 0.280. The summed E-state index contributed by atoms with van der Waals surface area (Å²) in [6.45, 7) is 3.84. The van der Waals surface area contributed by atoms with Crippen molar-refractivity contribution in [3.05, 3.63) is 11.5 Å². The third-order valence-electron chi connectivity index (χ3n) is 1.14. The van der Waals surface area contributed by atoms with Crippen LogP contribution in [-0.4, -0.2) is 19.2 Å². The molecular formula is C8H12N2O3. The number of nitrogens with two attached hydrogens (primary N) is 1. The van der Waals surface area contributed by atoms with E-state index in [2.05, 4.69) is 4.74 Å². The Labute approximate surface area is 76.7 Å². The van der Waals surface area contributed by atoms with Gasteiger partial charge in [0.25, 0.3) is 0 Å². The minimum Gasteiger partial charge on any atom is -0.479 e. The summed E-state index contributed by atoms with van der Waals surface area (Å²) in [5, 5.41) is 8.55. The molecular weight excluding hydrogens is 172 g/mol. The van der Waals surface area contributed by atoms with Crippen molar-refractivity contribution in [2.45, 2.75) is 13.8 Å². The predicted molar refractivity (Wildman–Crippen MR) is 45.1 cm³/mol. The highest BCUT2D eigenvalue weighted by atomic mass is 16.5. The molecule has 0 saturated carbocycles. The van der Waals surface area contributed by atoms with Gasteiger partial charge in [0.2, 0.25) is 5.88 Å². The summed E-state index contributed by atoms with van der Waals surface area (Å²) in [5.74, 6) is -0.945. The molecule has 2 N–H and O–H groups in total. The van der Waals surface area contributed by atoms with Crippen molar-refractivity contribution in [3.63, 3.8) is 0 Å². The monoisotopic (exact) mass is 184 g/mol. The van der Waals surface area contributed by atoms with Crippen LogP contribution in [0.2, 0.25) is 0 Å². The van der Waals surface area contributed by atoms with Gasteiger partial charge in [0.05, 0.1) is 13.2 Å². The molecule has 0 heterocycles. The number of carbonyl (C=O) groups excluding carboxylic acids is 1. The summed E-state index contributed by atoms with van der Waals surface area (Å²) >= 11 is 0. The van der Waals surface area contributed by atoms with Crippen molar-refractivity contribution in [2.24, 2.45) is 5.73 Å².